The first-order valence-electron chi connectivity index (χ1n) is 10.6. The van der Waals surface area contributed by atoms with Gasteiger partial charge in [-0.3, -0.25) is 4.79 Å². The summed E-state index contributed by atoms with van der Waals surface area (Å²) >= 11 is 0. The third-order valence-corrected chi connectivity index (χ3v) is 5.28. The van der Waals surface area contributed by atoms with E-state index in [0.29, 0.717) is 16.9 Å². The molecule has 0 fully saturated rings. The molecule has 0 unspecified atom stereocenters. The summed E-state index contributed by atoms with van der Waals surface area (Å²) in [5.41, 5.74) is 1.44. The van der Waals surface area contributed by atoms with Crippen LogP contribution in [0.5, 0.6) is 11.5 Å². The number of hydrogen-bond acceptors (Lipinski definition) is 7. The Hall–Kier alpha value is -4.39. The second-order valence-electron chi connectivity index (χ2n) is 7.45. The predicted molar refractivity (Wildman–Crippen MR) is 127 cm³/mol. The smallest absolute Gasteiger partial charge is 0.375 e. The first-order chi connectivity index (χ1) is 16.4. The molecule has 4 rings (SSSR count). The fraction of sp³-hybridized carbons (Fsp3) is 0.148. The zero-order valence-corrected chi connectivity index (χ0v) is 18.9. The number of benzene rings is 3. The first-order valence-corrected chi connectivity index (χ1v) is 10.6. The Kier molecular flexibility index (Phi) is 6.45. The largest absolute Gasteiger partial charge is 0.497 e. The van der Waals surface area contributed by atoms with Crippen molar-refractivity contribution >= 4 is 22.9 Å². The molecule has 1 aromatic heterocycles. The Bertz CT molecular complexity index is 1430. The number of hydrogen-bond donors (Lipinski definition) is 0. The number of ether oxygens (including phenoxy) is 3. The minimum Gasteiger partial charge on any atom is -0.497 e. The molecule has 0 aliphatic carbocycles. The number of carbonyl (C=O) groups is 2. The van der Waals surface area contributed by atoms with Crippen LogP contribution < -0.4 is 14.9 Å². The lowest BCUT2D eigenvalue weighted by Gasteiger charge is -2.11. The number of carbonyl (C=O) groups excluding carboxylic acids is 2. The molecule has 7 heteroatoms. The number of fused-ring (bicyclic) bond motifs is 1. The van der Waals surface area contributed by atoms with Gasteiger partial charge in [-0.15, -0.1) is 0 Å². The molecular formula is C27H22O7. The summed E-state index contributed by atoms with van der Waals surface area (Å²) in [6.45, 7) is 3.58. The van der Waals surface area contributed by atoms with Crippen molar-refractivity contribution < 1.29 is 28.2 Å². The third kappa shape index (κ3) is 4.41. The van der Waals surface area contributed by atoms with Gasteiger partial charge in [0.1, 0.15) is 17.1 Å². The Morgan fingerprint density at radius 1 is 0.912 bits per heavy atom. The van der Waals surface area contributed by atoms with Crippen molar-refractivity contribution in [3.8, 4) is 22.6 Å². The van der Waals surface area contributed by atoms with Gasteiger partial charge in [-0.05, 0) is 55.3 Å². The molecule has 0 spiro atoms. The molecule has 0 radical (unpaired) electrons. The monoisotopic (exact) mass is 458 g/mol. The maximum atomic E-state index is 13.4. The van der Waals surface area contributed by atoms with Crippen LogP contribution in [0.4, 0.5) is 0 Å². The SMILES string of the molecule is CCOC(=O)c1oc2cc(OC(=O)c3ccccc3C)ccc2c(=O)c1-c1ccc(OC)cc1. The maximum absolute atomic E-state index is 13.4. The average Bonchev–Trinajstić information content (AvgIpc) is 2.84. The average molecular weight is 458 g/mol. The number of aryl methyl sites for hydroxylation is 1. The lowest BCUT2D eigenvalue weighted by molar-refractivity contribution is 0.0491. The van der Waals surface area contributed by atoms with Crippen LogP contribution in [0.15, 0.2) is 75.9 Å². The van der Waals surface area contributed by atoms with Crippen LogP contribution in [0.3, 0.4) is 0 Å². The summed E-state index contributed by atoms with van der Waals surface area (Å²) in [5.74, 6) is -0.760. The van der Waals surface area contributed by atoms with E-state index in [1.54, 1.807) is 43.3 Å². The zero-order chi connectivity index (χ0) is 24.2. The van der Waals surface area contributed by atoms with E-state index in [2.05, 4.69) is 0 Å². The Morgan fingerprint density at radius 3 is 2.29 bits per heavy atom. The molecule has 0 amide bonds. The summed E-state index contributed by atoms with van der Waals surface area (Å²) < 4.78 is 21.6. The predicted octanol–water partition coefficient (Wildman–Crippen LogP) is 5.17. The van der Waals surface area contributed by atoms with E-state index in [4.69, 9.17) is 18.6 Å². The fourth-order valence-corrected chi connectivity index (χ4v) is 3.56. The van der Waals surface area contributed by atoms with Gasteiger partial charge < -0.3 is 18.6 Å². The molecule has 0 saturated heterocycles. The van der Waals surface area contributed by atoms with Gasteiger partial charge in [0.25, 0.3) is 0 Å². The summed E-state index contributed by atoms with van der Waals surface area (Å²) in [7, 11) is 1.53. The van der Waals surface area contributed by atoms with Crippen LogP contribution in [0.1, 0.15) is 33.4 Å². The summed E-state index contributed by atoms with van der Waals surface area (Å²) in [5, 5.41) is 0.231. The molecule has 0 saturated carbocycles. The third-order valence-electron chi connectivity index (χ3n) is 5.28. The molecule has 7 nitrogen and oxygen atoms in total. The standard InChI is InChI=1S/C27H22O7/c1-4-32-27(30)25-23(17-9-11-18(31-3)12-10-17)24(28)21-14-13-19(15-22(21)34-25)33-26(29)20-8-6-5-7-16(20)2/h5-15H,4H2,1-3H3. The van der Waals surface area contributed by atoms with Crippen molar-refractivity contribution in [1.82, 2.24) is 0 Å². The zero-order valence-electron chi connectivity index (χ0n) is 18.9. The number of esters is 2. The molecule has 3 aromatic carbocycles. The molecule has 0 bridgehead atoms. The highest BCUT2D eigenvalue weighted by atomic mass is 16.5. The van der Waals surface area contributed by atoms with Gasteiger partial charge >= 0.3 is 11.9 Å². The maximum Gasteiger partial charge on any atom is 0.375 e. The lowest BCUT2D eigenvalue weighted by Crippen LogP contribution is -2.15. The Balaban J connectivity index is 1.81. The first kappa shape index (κ1) is 22.8. The van der Waals surface area contributed by atoms with E-state index in [1.807, 2.05) is 19.1 Å². The van der Waals surface area contributed by atoms with Gasteiger partial charge in [-0.1, -0.05) is 30.3 Å². The molecule has 172 valence electrons. The summed E-state index contributed by atoms with van der Waals surface area (Å²) in [4.78, 5) is 38.7. The minimum absolute atomic E-state index is 0.0817. The van der Waals surface area contributed by atoms with Crippen molar-refractivity contribution in [3.63, 3.8) is 0 Å². The highest BCUT2D eigenvalue weighted by Gasteiger charge is 2.23. The van der Waals surface area contributed by atoms with Gasteiger partial charge in [-0.25, -0.2) is 9.59 Å². The van der Waals surface area contributed by atoms with E-state index in [9.17, 15) is 14.4 Å². The quantitative estimate of drug-likeness (QED) is 0.291. The Labute approximate surface area is 195 Å². The van der Waals surface area contributed by atoms with Gasteiger partial charge in [0.05, 0.1) is 30.2 Å². The van der Waals surface area contributed by atoms with Gasteiger partial charge in [0.2, 0.25) is 11.2 Å². The van der Waals surface area contributed by atoms with Crippen LogP contribution in [-0.4, -0.2) is 25.7 Å². The minimum atomic E-state index is -0.769. The highest BCUT2D eigenvalue weighted by molar-refractivity contribution is 5.98. The molecule has 4 aromatic rings. The van der Waals surface area contributed by atoms with E-state index in [1.165, 1.54) is 25.3 Å². The van der Waals surface area contributed by atoms with Crippen LogP contribution in [0, 0.1) is 6.92 Å². The molecule has 0 aliphatic heterocycles. The second kappa shape index (κ2) is 9.62. The van der Waals surface area contributed by atoms with Crippen molar-refractivity contribution in [2.45, 2.75) is 13.8 Å². The normalized spacial score (nSPS) is 10.7. The van der Waals surface area contributed by atoms with Gasteiger partial charge in [-0.2, -0.15) is 0 Å². The molecule has 0 N–H and O–H groups in total. The number of methoxy groups -OCH3 is 1. The van der Waals surface area contributed by atoms with E-state index in [-0.39, 0.29) is 34.6 Å². The highest BCUT2D eigenvalue weighted by Crippen LogP contribution is 2.29. The Morgan fingerprint density at radius 2 is 1.62 bits per heavy atom. The van der Waals surface area contributed by atoms with E-state index in [0.717, 1.165) is 5.56 Å². The van der Waals surface area contributed by atoms with Crippen LogP contribution >= 0.6 is 0 Å². The second-order valence-corrected chi connectivity index (χ2v) is 7.45. The number of rotatable bonds is 6. The van der Waals surface area contributed by atoms with Crippen molar-refractivity contribution in [2.75, 3.05) is 13.7 Å². The lowest BCUT2D eigenvalue weighted by atomic mass is 10.0. The van der Waals surface area contributed by atoms with Gasteiger partial charge in [0, 0.05) is 6.07 Å². The fourth-order valence-electron chi connectivity index (χ4n) is 3.56. The van der Waals surface area contributed by atoms with E-state index >= 15 is 0 Å². The molecule has 0 aliphatic rings. The van der Waals surface area contributed by atoms with Gasteiger partial charge in [0.15, 0.2) is 0 Å². The molecule has 1 heterocycles. The molecule has 34 heavy (non-hydrogen) atoms. The van der Waals surface area contributed by atoms with Crippen LogP contribution in [0.25, 0.3) is 22.1 Å². The van der Waals surface area contributed by atoms with Crippen LogP contribution in [-0.2, 0) is 4.74 Å². The van der Waals surface area contributed by atoms with Crippen molar-refractivity contribution in [2.24, 2.45) is 0 Å². The van der Waals surface area contributed by atoms with Crippen molar-refractivity contribution in [3.05, 3.63) is 93.8 Å². The molecule has 0 atom stereocenters. The van der Waals surface area contributed by atoms with Crippen LogP contribution in [0.2, 0.25) is 0 Å². The molecular weight excluding hydrogens is 436 g/mol. The summed E-state index contributed by atoms with van der Waals surface area (Å²) in [6, 6.07) is 18.2. The topological polar surface area (TPSA) is 92.0 Å². The summed E-state index contributed by atoms with van der Waals surface area (Å²) in [6.07, 6.45) is 0. The van der Waals surface area contributed by atoms with Crippen molar-refractivity contribution in [1.29, 1.82) is 0 Å². The van der Waals surface area contributed by atoms with E-state index < -0.39 is 17.4 Å².